The molecule has 0 aromatic rings. The van der Waals surface area contributed by atoms with Gasteiger partial charge in [0.25, 0.3) is 0 Å². The molecule has 0 aliphatic rings. The lowest BCUT2D eigenvalue weighted by molar-refractivity contribution is -0.894. The number of aliphatic hydroxyl groups excluding tert-OH is 3. The van der Waals surface area contributed by atoms with Crippen molar-refractivity contribution in [2.75, 3.05) is 164 Å². The van der Waals surface area contributed by atoms with Crippen molar-refractivity contribution in [2.24, 2.45) is 5.92 Å². The molecule has 0 aromatic carbocycles. The van der Waals surface area contributed by atoms with Crippen molar-refractivity contribution < 1.29 is 65.2 Å². The Labute approximate surface area is 314 Å². The van der Waals surface area contributed by atoms with Gasteiger partial charge in [0.2, 0.25) is 0 Å². The van der Waals surface area contributed by atoms with Gasteiger partial charge < -0.3 is 65.2 Å². The van der Waals surface area contributed by atoms with Crippen molar-refractivity contribution in [3.8, 4) is 0 Å². The molecule has 0 aromatic heterocycles. The lowest BCUT2D eigenvalue weighted by atomic mass is 10.1. The van der Waals surface area contributed by atoms with Crippen LogP contribution in [0.5, 0.6) is 0 Å². The van der Waals surface area contributed by atoms with Crippen LogP contribution in [0.4, 0.5) is 0 Å². The molecule has 0 rings (SSSR count). The second kappa shape index (κ2) is 23.7. The third-order valence-corrected chi connectivity index (χ3v) is 15.1. The molecule has 0 aliphatic heterocycles. The summed E-state index contributed by atoms with van der Waals surface area (Å²) in [6, 6.07) is 1.43. The molecule has 0 saturated carbocycles. The molecule has 308 valence electrons. The average molecular weight is 775 g/mol. The fraction of sp³-hybridized carbons (Fsp3) is 0.943. The van der Waals surface area contributed by atoms with Gasteiger partial charge in [0, 0.05) is 83.0 Å². The quantitative estimate of drug-likeness (QED) is 0.0518. The first-order valence-electron chi connectivity index (χ1n) is 18.3. The van der Waals surface area contributed by atoms with Crippen molar-refractivity contribution in [1.29, 1.82) is 0 Å². The van der Waals surface area contributed by atoms with Crippen LogP contribution >= 0.6 is 0 Å². The Morgan fingerprint density at radius 1 is 0.627 bits per heavy atom. The van der Waals surface area contributed by atoms with E-state index in [1.807, 2.05) is 21.1 Å². The summed E-state index contributed by atoms with van der Waals surface area (Å²) in [7, 11) is 22.5. The lowest BCUT2D eigenvalue weighted by Gasteiger charge is -2.43. The van der Waals surface area contributed by atoms with Crippen LogP contribution in [0.3, 0.4) is 0 Å². The van der Waals surface area contributed by atoms with Crippen molar-refractivity contribution in [3.63, 3.8) is 0 Å². The van der Waals surface area contributed by atoms with Crippen LogP contribution in [-0.4, -0.2) is 233 Å². The van der Waals surface area contributed by atoms with Crippen molar-refractivity contribution >= 4 is 17.1 Å². The minimum absolute atomic E-state index is 0.0519. The van der Waals surface area contributed by atoms with Gasteiger partial charge in [-0.2, -0.15) is 0 Å². The smallest absolute Gasteiger partial charge is 0.364 e. The first-order valence-corrected chi connectivity index (χ1v) is 22.8. The summed E-state index contributed by atoms with van der Waals surface area (Å²) >= 11 is 0. The maximum absolute atomic E-state index is 10.6. The molecule has 51 heavy (non-hydrogen) atoms. The van der Waals surface area contributed by atoms with Gasteiger partial charge in [0.15, 0.2) is 0 Å². The number of nitrogens with zero attached hydrogens (tertiary/aromatic N) is 4. The zero-order valence-electron chi connectivity index (χ0n) is 35.4. The third-order valence-electron chi connectivity index (χ3n) is 8.96. The number of likely N-dealkylation sites (N-methyl/N-ethyl adjacent to an activating group) is 3. The summed E-state index contributed by atoms with van der Waals surface area (Å²) in [6.07, 6.45) is 0.471. The minimum Gasteiger partial charge on any atom is -0.460 e. The van der Waals surface area contributed by atoms with E-state index in [-0.39, 0.29) is 37.2 Å². The van der Waals surface area contributed by atoms with Crippen LogP contribution < -0.4 is 0 Å². The topological polar surface area (TPSA) is 125 Å². The van der Waals surface area contributed by atoms with Crippen LogP contribution in [0, 0.1) is 19.0 Å². The predicted molar refractivity (Wildman–Crippen MR) is 206 cm³/mol. The SMILES string of the molecule is CO[Si](CO)(CCC[N+](C)(C)[CH-]C(C)COCC(C[N+](C)(C)CCC[Si](CO)(OC)OC)OC([CH-][N+](C)(C)C)COCC(O)C[N+](C)(C)C)OC. The highest BCUT2D eigenvalue weighted by molar-refractivity contribution is 6.67. The molecule has 0 fully saturated rings. The molecule has 3 N–H and O–H groups in total. The number of aliphatic hydroxyl groups is 3. The molecule has 0 heterocycles. The predicted octanol–water partition coefficient (Wildman–Crippen LogP) is 0.972. The van der Waals surface area contributed by atoms with Crippen LogP contribution in [0.25, 0.3) is 0 Å². The van der Waals surface area contributed by atoms with Crippen LogP contribution in [0.2, 0.25) is 12.1 Å². The second-order valence-electron chi connectivity index (χ2n) is 17.4. The van der Waals surface area contributed by atoms with E-state index in [2.05, 4.69) is 69.3 Å². The summed E-state index contributed by atoms with van der Waals surface area (Å²) in [4.78, 5) is 0. The standard InChI is InChI=1S/C35H82N4O10Si2/c1-32(22-38(8,9)18-16-20-50(30-40,43-12)44-13)26-47-29-35(25-39(10,11)19-17-21-51(31-41,45-14)46-15)49-34(24-37(5,6)7)28-48-27-33(42)23-36(2,3)4/h22,24,32-35,40-42H,16-21,23,25-31H2,1-15H3/q+2. The Balaban J connectivity index is 5.67. The van der Waals surface area contributed by atoms with E-state index >= 15 is 0 Å². The van der Waals surface area contributed by atoms with E-state index < -0.39 is 23.2 Å². The Morgan fingerprint density at radius 3 is 1.57 bits per heavy atom. The van der Waals surface area contributed by atoms with Crippen molar-refractivity contribution in [3.05, 3.63) is 13.1 Å². The van der Waals surface area contributed by atoms with Crippen LogP contribution in [0.15, 0.2) is 0 Å². The largest absolute Gasteiger partial charge is 0.460 e. The summed E-state index contributed by atoms with van der Waals surface area (Å²) < 4.78 is 44.2. The first-order chi connectivity index (χ1) is 23.4. The fourth-order valence-electron chi connectivity index (χ4n) is 6.36. The number of hydrogen-bond acceptors (Lipinski definition) is 10. The molecule has 4 unspecified atom stereocenters. The van der Waals surface area contributed by atoms with Crippen molar-refractivity contribution in [2.45, 2.75) is 50.2 Å². The highest BCUT2D eigenvalue weighted by Gasteiger charge is 2.36. The molecular formula is C35H82N4O10Si2+2. The maximum atomic E-state index is 10.6. The van der Waals surface area contributed by atoms with Gasteiger partial charge in [0.05, 0.1) is 74.0 Å². The van der Waals surface area contributed by atoms with Gasteiger partial charge in [-0.05, 0) is 24.9 Å². The highest BCUT2D eigenvalue weighted by atomic mass is 28.4. The molecule has 0 bridgehead atoms. The van der Waals surface area contributed by atoms with Crippen LogP contribution in [-0.2, 0) is 31.9 Å². The van der Waals surface area contributed by atoms with Gasteiger partial charge in [-0.15, -0.1) is 13.1 Å². The van der Waals surface area contributed by atoms with Crippen molar-refractivity contribution in [1.82, 2.24) is 0 Å². The molecule has 0 amide bonds. The zero-order chi connectivity index (χ0) is 39.6. The molecule has 0 spiro atoms. The number of hydrogen-bond donors (Lipinski definition) is 3. The summed E-state index contributed by atoms with van der Waals surface area (Å²) in [5, 5.41) is 30.3. The van der Waals surface area contributed by atoms with E-state index in [4.69, 9.17) is 31.9 Å². The zero-order valence-corrected chi connectivity index (χ0v) is 37.4. The Bertz CT molecular complexity index is 884. The maximum Gasteiger partial charge on any atom is 0.364 e. The number of quaternary nitrogens is 4. The Hall–Kier alpha value is -0.126. The van der Waals surface area contributed by atoms with Gasteiger partial charge >= 0.3 is 17.1 Å². The molecule has 4 atom stereocenters. The summed E-state index contributed by atoms with van der Waals surface area (Å²) in [5.41, 5.74) is 0. The van der Waals surface area contributed by atoms with Gasteiger partial charge in [0.1, 0.15) is 25.3 Å². The number of ether oxygens (including phenoxy) is 3. The summed E-state index contributed by atoms with van der Waals surface area (Å²) in [5.74, 6) is 0.187. The normalized spacial score (nSPS) is 16.4. The van der Waals surface area contributed by atoms with Gasteiger partial charge in [-0.3, -0.25) is 0 Å². The van der Waals surface area contributed by atoms with Crippen LogP contribution in [0.1, 0.15) is 19.8 Å². The Morgan fingerprint density at radius 2 is 1.12 bits per heavy atom. The van der Waals surface area contributed by atoms with E-state index in [1.165, 1.54) is 0 Å². The van der Waals surface area contributed by atoms with Gasteiger partial charge in [-0.1, -0.05) is 12.8 Å². The Kier molecular flexibility index (Phi) is 23.7. The van der Waals surface area contributed by atoms with E-state index in [1.54, 1.807) is 28.4 Å². The minimum atomic E-state index is -2.61. The monoisotopic (exact) mass is 775 g/mol. The first kappa shape index (κ1) is 50.9. The number of rotatable bonds is 32. The highest BCUT2D eigenvalue weighted by Crippen LogP contribution is 2.20. The average Bonchev–Trinajstić information content (AvgIpc) is 2.99. The summed E-state index contributed by atoms with van der Waals surface area (Å²) in [6.45, 7) is 11.1. The molecule has 0 aliphatic carbocycles. The van der Waals surface area contributed by atoms with E-state index in [0.717, 1.165) is 32.0 Å². The molecule has 0 saturated heterocycles. The second-order valence-corrected chi connectivity index (χ2v) is 24.3. The molecule has 14 nitrogen and oxygen atoms in total. The lowest BCUT2D eigenvalue weighted by Crippen LogP contribution is -2.51. The molecule has 16 heteroatoms. The fourth-order valence-corrected chi connectivity index (χ4v) is 9.74. The van der Waals surface area contributed by atoms with Gasteiger partial charge in [-0.25, -0.2) is 0 Å². The molecule has 0 radical (unpaired) electrons. The molecular weight excluding hydrogens is 693 g/mol. The van der Waals surface area contributed by atoms with E-state index in [0.29, 0.717) is 56.9 Å². The van der Waals surface area contributed by atoms with E-state index in [9.17, 15) is 15.3 Å². The third kappa shape index (κ3) is 23.4.